The number of hydrogen-bond acceptors (Lipinski definition) is 5. The second-order valence-electron chi connectivity index (χ2n) is 6.16. The lowest BCUT2D eigenvalue weighted by atomic mass is 10.1. The monoisotopic (exact) mass is 335 g/mol. The predicted octanol–water partition coefficient (Wildman–Crippen LogP) is -0.883. The fourth-order valence-electron chi connectivity index (χ4n) is 3.06. The van der Waals surface area contributed by atoms with Crippen LogP contribution in [0.5, 0.6) is 0 Å². The number of imidazole rings is 1. The van der Waals surface area contributed by atoms with Gasteiger partial charge in [0.15, 0.2) is 11.2 Å². The van der Waals surface area contributed by atoms with E-state index in [1.54, 1.807) is 7.05 Å². The summed E-state index contributed by atoms with van der Waals surface area (Å²) in [4.78, 5) is 40.6. The fraction of sp³-hybridized carbons (Fsp3) is 0.600. The van der Waals surface area contributed by atoms with E-state index >= 15 is 0 Å². The number of ether oxygens (including phenoxy) is 1. The second kappa shape index (κ2) is 6.23. The molecule has 1 amide bonds. The van der Waals surface area contributed by atoms with E-state index in [2.05, 4.69) is 10.3 Å². The Hall–Kier alpha value is -2.42. The molecule has 0 saturated carbocycles. The third-order valence-electron chi connectivity index (χ3n) is 4.44. The van der Waals surface area contributed by atoms with Crippen LogP contribution in [0.25, 0.3) is 11.2 Å². The normalized spacial score (nSPS) is 18.9. The largest absolute Gasteiger partial charge is 0.376 e. The van der Waals surface area contributed by atoms with Gasteiger partial charge in [0.1, 0.15) is 6.54 Å². The van der Waals surface area contributed by atoms with Crippen LogP contribution in [0.4, 0.5) is 0 Å². The van der Waals surface area contributed by atoms with Crippen LogP contribution in [-0.4, -0.2) is 43.3 Å². The van der Waals surface area contributed by atoms with Gasteiger partial charge in [0.2, 0.25) is 5.91 Å². The predicted molar refractivity (Wildman–Crippen MR) is 86.8 cm³/mol. The van der Waals surface area contributed by atoms with E-state index in [9.17, 15) is 14.4 Å². The Bertz CT molecular complexity index is 888. The molecule has 130 valence electrons. The average Bonchev–Trinajstić information content (AvgIpc) is 3.20. The highest BCUT2D eigenvalue weighted by atomic mass is 16.5. The average molecular weight is 335 g/mol. The van der Waals surface area contributed by atoms with Crippen LogP contribution in [0.3, 0.4) is 0 Å². The number of aryl methyl sites for hydroxylation is 1. The zero-order chi connectivity index (χ0) is 17.4. The summed E-state index contributed by atoms with van der Waals surface area (Å²) in [5, 5.41) is 2.89. The molecule has 2 aromatic heterocycles. The Kier molecular flexibility index (Phi) is 4.27. The Balaban J connectivity index is 1.84. The summed E-state index contributed by atoms with van der Waals surface area (Å²) >= 11 is 0. The summed E-state index contributed by atoms with van der Waals surface area (Å²) in [5.41, 5.74) is -0.414. The number of aromatic nitrogens is 4. The van der Waals surface area contributed by atoms with Gasteiger partial charge in [-0.15, -0.1) is 0 Å². The first-order valence-corrected chi connectivity index (χ1v) is 7.92. The molecule has 0 unspecified atom stereocenters. The number of nitrogens with one attached hydrogen (secondary N) is 1. The molecule has 0 aromatic carbocycles. The van der Waals surface area contributed by atoms with E-state index in [1.165, 1.54) is 22.5 Å². The van der Waals surface area contributed by atoms with E-state index in [4.69, 9.17) is 4.74 Å². The van der Waals surface area contributed by atoms with Gasteiger partial charge < -0.3 is 14.6 Å². The molecule has 1 N–H and O–H groups in total. The van der Waals surface area contributed by atoms with Crippen LogP contribution in [0.15, 0.2) is 15.9 Å². The number of fused-ring (bicyclic) bond motifs is 1. The van der Waals surface area contributed by atoms with Gasteiger partial charge in [-0.2, -0.15) is 0 Å². The van der Waals surface area contributed by atoms with Gasteiger partial charge in [0.25, 0.3) is 5.56 Å². The molecule has 1 saturated heterocycles. The molecule has 1 fully saturated rings. The van der Waals surface area contributed by atoms with Crippen molar-refractivity contribution in [3.05, 3.63) is 27.2 Å². The van der Waals surface area contributed by atoms with Gasteiger partial charge in [-0.3, -0.25) is 18.7 Å². The summed E-state index contributed by atoms with van der Waals surface area (Å²) in [5.74, 6) is -0.229. The first kappa shape index (κ1) is 16.4. The van der Waals surface area contributed by atoms with Crippen LogP contribution in [0.1, 0.15) is 19.8 Å². The molecule has 0 spiro atoms. The SMILES string of the molecule is C[C@@H](NC(=O)Cn1cnc2c1c(=O)n(C)c(=O)n2C)[C@H]1CCCO1. The summed E-state index contributed by atoms with van der Waals surface area (Å²) < 4.78 is 9.33. The van der Waals surface area contributed by atoms with Gasteiger partial charge in [-0.1, -0.05) is 0 Å². The lowest BCUT2D eigenvalue weighted by Gasteiger charge is -2.20. The van der Waals surface area contributed by atoms with E-state index in [1.807, 2.05) is 6.92 Å². The maximum absolute atomic E-state index is 12.3. The number of amides is 1. The summed E-state index contributed by atoms with van der Waals surface area (Å²) in [6.45, 7) is 2.59. The molecule has 9 nitrogen and oxygen atoms in total. The Morgan fingerprint density at radius 1 is 1.42 bits per heavy atom. The van der Waals surface area contributed by atoms with Crippen LogP contribution in [0, 0.1) is 0 Å². The zero-order valence-corrected chi connectivity index (χ0v) is 14.0. The van der Waals surface area contributed by atoms with Crippen LogP contribution < -0.4 is 16.6 Å². The molecule has 1 aliphatic heterocycles. The molecule has 24 heavy (non-hydrogen) atoms. The van der Waals surface area contributed by atoms with Crippen LogP contribution in [-0.2, 0) is 30.2 Å². The number of carbonyl (C=O) groups excluding carboxylic acids is 1. The van der Waals surface area contributed by atoms with E-state index in [0.29, 0.717) is 0 Å². The number of carbonyl (C=O) groups is 1. The van der Waals surface area contributed by atoms with Gasteiger partial charge in [0, 0.05) is 20.7 Å². The quantitative estimate of drug-likeness (QED) is 0.782. The Morgan fingerprint density at radius 2 is 2.17 bits per heavy atom. The highest BCUT2D eigenvalue weighted by Crippen LogP contribution is 2.15. The third kappa shape index (κ3) is 2.75. The Morgan fingerprint density at radius 3 is 2.83 bits per heavy atom. The van der Waals surface area contributed by atoms with Crippen molar-refractivity contribution in [2.45, 2.75) is 38.5 Å². The third-order valence-corrected chi connectivity index (χ3v) is 4.44. The minimum absolute atomic E-state index is 0.0298. The first-order valence-electron chi connectivity index (χ1n) is 7.92. The number of rotatable bonds is 4. The van der Waals surface area contributed by atoms with Crippen molar-refractivity contribution in [2.75, 3.05) is 6.61 Å². The van der Waals surface area contributed by atoms with E-state index in [0.717, 1.165) is 24.0 Å². The second-order valence-corrected chi connectivity index (χ2v) is 6.16. The molecule has 0 aliphatic carbocycles. The van der Waals surface area contributed by atoms with Crippen LogP contribution >= 0.6 is 0 Å². The molecule has 1 aliphatic rings. The molecule has 9 heteroatoms. The fourth-order valence-corrected chi connectivity index (χ4v) is 3.06. The summed E-state index contributed by atoms with van der Waals surface area (Å²) in [7, 11) is 2.95. The van der Waals surface area contributed by atoms with Crippen LogP contribution in [0.2, 0.25) is 0 Å². The molecule has 0 bridgehead atoms. The van der Waals surface area contributed by atoms with Crippen molar-refractivity contribution in [1.82, 2.24) is 24.0 Å². The highest BCUT2D eigenvalue weighted by Gasteiger charge is 2.24. The van der Waals surface area contributed by atoms with Crippen molar-refractivity contribution < 1.29 is 9.53 Å². The van der Waals surface area contributed by atoms with E-state index < -0.39 is 11.2 Å². The molecule has 0 radical (unpaired) electrons. The van der Waals surface area contributed by atoms with Gasteiger partial charge in [-0.05, 0) is 19.8 Å². The minimum atomic E-state index is -0.467. The molecule has 3 rings (SSSR count). The van der Waals surface area contributed by atoms with Crippen molar-refractivity contribution >= 4 is 17.1 Å². The Labute approximate surface area is 137 Å². The van der Waals surface area contributed by atoms with Crippen molar-refractivity contribution in [3.63, 3.8) is 0 Å². The van der Waals surface area contributed by atoms with E-state index in [-0.39, 0.29) is 35.8 Å². The van der Waals surface area contributed by atoms with Crippen molar-refractivity contribution in [3.8, 4) is 0 Å². The molecular weight excluding hydrogens is 314 g/mol. The first-order chi connectivity index (χ1) is 11.4. The molecule has 2 atom stereocenters. The summed E-state index contributed by atoms with van der Waals surface area (Å²) in [6.07, 6.45) is 3.36. The topological polar surface area (TPSA) is 100 Å². The van der Waals surface area contributed by atoms with Crippen molar-refractivity contribution in [2.24, 2.45) is 14.1 Å². The minimum Gasteiger partial charge on any atom is -0.376 e. The smallest absolute Gasteiger partial charge is 0.332 e. The maximum Gasteiger partial charge on any atom is 0.332 e. The lowest BCUT2D eigenvalue weighted by molar-refractivity contribution is -0.123. The van der Waals surface area contributed by atoms with Crippen molar-refractivity contribution in [1.29, 1.82) is 0 Å². The lowest BCUT2D eigenvalue weighted by Crippen LogP contribution is -2.42. The highest BCUT2D eigenvalue weighted by molar-refractivity contribution is 5.79. The summed E-state index contributed by atoms with van der Waals surface area (Å²) in [6, 6.07) is -0.0954. The van der Waals surface area contributed by atoms with Gasteiger partial charge >= 0.3 is 5.69 Å². The maximum atomic E-state index is 12.3. The molecule has 3 heterocycles. The standard InChI is InChI=1S/C15H21N5O4/c1-9(10-5-4-6-24-10)17-11(21)7-20-8-16-13-12(20)14(22)19(3)15(23)18(13)2/h8-10H,4-7H2,1-3H3,(H,17,21)/t9-,10-/m1/s1. The molecule has 2 aromatic rings. The number of hydrogen-bond donors (Lipinski definition) is 1. The number of nitrogens with zero attached hydrogens (tertiary/aromatic N) is 4. The zero-order valence-electron chi connectivity index (χ0n) is 14.0. The van der Waals surface area contributed by atoms with Gasteiger partial charge in [0.05, 0.1) is 18.5 Å². The van der Waals surface area contributed by atoms with Gasteiger partial charge in [-0.25, -0.2) is 9.78 Å². The molecular formula is C15H21N5O4.